The van der Waals surface area contributed by atoms with Crippen LogP contribution in [0.5, 0.6) is 0 Å². The van der Waals surface area contributed by atoms with E-state index in [1.165, 1.54) is 12.8 Å². The highest BCUT2D eigenvalue weighted by Crippen LogP contribution is 2.21. The second-order valence-electron chi connectivity index (χ2n) is 3.06. The van der Waals surface area contributed by atoms with Crippen molar-refractivity contribution in [3.05, 3.63) is 9.47 Å². The molecule has 1 atom stereocenters. The van der Waals surface area contributed by atoms with E-state index in [9.17, 15) is 0 Å². The van der Waals surface area contributed by atoms with Crippen LogP contribution in [0.2, 0.25) is 0 Å². The van der Waals surface area contributed by atoms with Crippen LogP contribution < -0.4 is 5.32 Å². The molecule has 72 valence electrons. The van der Waals surface area contributed by atoms with E-state index in [0.717, 1.165) is 17.7 Å². The molecule has 13 heavy (non-hydrogen) atoms. The van der Waals surface area contributed by atoms with Crippen molar-refractivity contribution in [3.63, 3.8) is 0 Å². The van der Waals surface area contributed by atoms with Crippen LogP contribution in [0.25, 0.3) is 0 Å². The maximum atomic E-state index is 4.25. The fourth-order valence-corrected chi connectivity index (χ4v) is 2.59. The first-order chi connectivity index (χ1) is 6.27. The molecule has 0 bridgehead atoms. The van der Waals surface area contributed by atoms with Crippen molar-refractivity contribution in [1.29, 1.82) is 0 Å². The second kappa shape index (κ2) is 4.06. The van der Waals surface area contributed by atoms with Gasteiger partial charge in [0, 0.05) is 0 Å². The standard InChI is InChI=1S/C7H10Br2N4/c8-6-11-7(9)13(12-6)5-3-1-2-4-10-5/h5,10H,1-4H2. The molecule has 1 aromatic heterocycles. The Morgan fingerprint density at radius 2 is 2.23 bits per heavy atom. The van der Waals surface area contributed by atoms with E-state index in [1.54, 1.807) is 0 Å². The SMILES string of the molecule is Brc1nc(Br)n(C2CCCCN2)n1. The molecule has 0 saturated carbocycles. The summed E-state index contributed by atoms with van der Waals surface area (Å²) in [4.78, 5) is 4.13. The Bertz CT molecular complexity index is 293. The van der Waals surface area contributed by atoms with Crippen molar-refractivity contribution < 1.29 is 0 Å². The molecule has 0 amide bonds. The zero-order chi connectivity index (χ0) is 9.26. The van der Waals surface area contributed by atoms with Gasteiger partial charge in [0.2, 0.25) is 4.73 Å². The van der Waals surface area contributed by atoms with E-state index in [2.05, 4.69) is 47.3 Å². The number of nitrogens with one attached hydrogen (secondary N) is 1. The van der Waals surface area contributed by atoms with Gasteiger partial charge in [-0.1, -0.05) is 0 Å². The smallest absolute Gasteiger partial charge is 0.218 e. The molecule has 2 heterocycles. The molecule has 0 radical (unpaired) electrons. The Morgan fingerprint density at radius 1 is 1.38 bits per heavy atom. The van der Waals surface area contributed by atoms with E-state index in [4.69, 9.17) is 0 Å². The predicted octanol–water partition coefficient (Wildman–Crippen LogP) is 2.08. The highest BCUT2D eigenvalue weighted by molar-refractivity contribution is 9.11. The summed E-state index contributed by atoms with van der Waals surface area (Å²) in [6.07, 6.45) is 3.92. The molecule has 0 aliphatic carbocycles. The molecule has 1 saturated heterocycles. The maximum absolute atomic E-state index is 4.25. The van der Waals surface area contributed by atoms with Gasteiger partial charge in [0.15, 0.2) is 4.73 Å². The first-order valence-corrected chi connectivity index (χ1v) is 5.87. The number of hydrogen-bond donors (Lipinski definition) is 1. The minimum absolute atomic E-state index is 0.293. The molecule has 1 unspecified atom stereocenters. The molecule has 4 nitrogen and oxygen atoms in total. The summed E-state index contributed by atoms with van der Waals surface area (Å²) in [5.41, 5.74) is 0. The Labute approximate surface area is 93.4 Å². The molecule has 1 aromatic rings. The van der Waals surface area contributed by atoms with Gasteiger partial charge < -0.3 is 0 Å². The molecule has 2 rings (SSSR count). The van der Waals surface area contributed by atoms with Gasteiger partial charge in [-0.15, -0.1) is 5.10 Å². The average Bonchev–Trinajstić information content (AvgIpc) is 2.47. The minimum Gasteiger partial charge on any atom is -0.296 e. The largest absolute Gasteiger partial charge is 0.296 e. The Balaban J connectivity index is 2.18. The van der Waals surface area contributed by atoms with Crippen LogP contribution in [0.15, 0.2) is 9.47 Å². The fourth-order valence-electron chi connectivity index (χ4n) is 1.52. The molecule has 0 spiro atoms. The van der Waals surface area contributed by atoms with E-state index < -0.39 is 0 Å². The van der Waals surface area contributed by atoms with Crippen LogP contribution in [0, 0.1) is 0 Å². The summed E-state index contributed by atoms with van der Waals surface area (Å²) in [6, 6.07) is 0. The van der Waals surface area contributed by atoms with E-state index in [1.807, 2.05) is 4.68 Å². The molecule has 1 aliphatic heterocycles. The van der Waals surface area contributed by atoms with Crippen LogP contribution in [-0.2, 0) is 0 Å². The van der Waals surface area contributed by atoms with Gasteiger partial charge in [-0.05, 0) is 57.7 Å². The summed E-state index contributed by atoms with van der Waals surface area (Å²) >= 11 is 6.62. The Hall–Kier alpha value is 0.0600. The quantitative estimate of drug-likeness (QED) is 0.863. The third-order valence-electron chi connectivity index (χ3n) is 2.14. The van der Waals surface area contributed by atoms with Crippen molar-refractivity contribution in [2.75, 3.05) is 6.54 Å². The molecular formula is C7H10Br2N4. The Morgan fingerprint density at radius 3 is 2.77 bits per heavy atom. The van der Waals surface area contributed by atoms with E-state index in [-0.39, 0.29) is 0 Å². The highest BCUT2D eigenvalue weighted by atomic mass is 79.9. The minimum atomic E-state index is 0.293. The lowest BCUT2D eigenvalue weighted by Gasteiger charge is -2.23. The van der Waals surface area contributed by atoms with Gasteiger partial charge in [-0.3, -0.25) is 5.32 Å². The number of aromatic nitrogens is 3. The fraction of sp³-hybridized carbons (Fsp3) is 0.714. The molecule has 6 heteroatoms. The summed E-state index contributed by atoms with van der Waals surface area (Å²) in [7, 11) is 0. The van der Waals surface area contributed by atoms with Gasteiger partial charge >= 0.3 is 0 Å². The van der Waals surface area contributed by atoms with Crippen LogP contribution >= 0.6 is 31.9 Å². The van der Waals surface area contributed by atoms with Crippen LogP contribution in [0.1, 0.15) is 25.4 Å². The first-order valence-electron chi connectivity index (χ1n) is 4.28. The zero-order valence-electron chi connectivity index (χ0n) is 7.00. The lowest BCUT2D eigenvalue weighted by atomic mass is 10.1. The van der Waals surface area contributed by atoms with Gasteiger partial charge in [-0.2, -0.15) is 4.98 Å². The van der Waals surface area contributed by atoms with Gasteiger partial charge in [0.1, 0.15) is 6.17 Å². The van der Waals surface area contributed by atoms with Crippen molar-refractivity contribution in [1.82, 2.24) is 20.1 Å². The summed E-state index contributed by atoms with van der Waals surface area (Å²) in [5.74, 6) is 0. The number of halogens is 2. The van der Waals surface area contributed by atoms with Gasteiger partial charge in [-0.25, -0.2) is 4.68 Å². The first kappa shape index (κ1) is 9.61. The number of rotatable bonds is 1. The van der Waals surface area contributed by atoms with Gasteiger partial charge in [0.05, 0.1) is 0 Å². The summed E-state index contributed by atoms with van der Waals surface area (Å²) in [5, 5.41) is 7.65. The zero-order valence-corrected chi connectivity index (χ0v) is 10.2. The number of piperidine rings is 1. The van der Waals surface area contributed by atoms with Crippen LogP contribution in [-0.4, -0.2) is 21.3 Å². The van der Waals surface area contributed by atoms with Crippen molar-refractivity contribution >= 4 is 31.9 Å². The number of nitrogens with zero attached hydrogens (tertiary/aromatic N) is 3. The van der Waals surface area contributed by atoms with Crippen molar-refractivity contribution in [3.8, 4) is 0 Å². The number of hydrogen-bond acceptors (Lipinski definition) is 3. The normalized spacial score (nSPS) is 23.4. The van der Waals surface area contributed by atoms with Gasteiger partial charge in [0.25, 0.3) is 0 Å². The summed E-state index contributed by atoms with van der Waals surface area (Å²) in [6.45, 7) is 1.06. The monoisotopic (exact) mass is 308 g/mol. The third-order valence-corrected chi connectivity index (χ3v) is 3.02. The Kier molecular flexibility index (Phi) is 3.00. The van der Waals surface area contributed by atoms with Crippen molar-refractivity contribution in [2.24, 2.45) is 0 Å². The molecule has 1 fully saturated rings. The predicted molar refractivity (Wildman–Crippen MR) is 56.3 cm³/mol. The highest BCUT2D eigenvalue weighted by Gasteiger charge is 2.18. The second-order valence-corrected chi connectivity index (χ2v) is 4.48. The van der Waals surface area contributed by atoms with Crippen LogP contribution in [0.4, 0.5) is 0 Å². The summed E-state index contributed by atoms with van der Waals surface area (Å²) < 4.78 is 3.29. The molecule has 1 aliphatic rings. The molecule has 1 N–H and O–H groups in total. The van der Waals surface area contributed by atoms with Crippen LogP contribution in [0.3, 0.4) is 0 Å². The van der Waals surface area contributed by atoms with Crippen molar-refractivity contribution in [2.45, 2.75) is 25.4 Å². The average molecular weight is 310 g/mol. The topological polar surface area (TPSA) is 42.7 Å². The molecular weight excluding hydrogens is 300 g/mol. The van der Waals surface area contributed by atoms with E-state index in [0.29, 0.717) is 10.9 Å². The lowest BCUT2D eigenvalue weighted by molar-refractivity contribution is 0.292. The maximum Gasteiger partial charge on any atom is 0.218 e. The lowest BCUT2D eigenvalue weighted by Crippen LogP contribution is -2.32. The van der Waals surface area contributed by atoms with E-state index >= 15 is 0 Å². The molecule has 0 aromatic carbocycles. The third kappa shape index (κ3) is 2.11.